The molecule has 32 heavy (non-hydrogen) atoms. The highest BCUT2D eigenvalue weighted by Crippen LogP contribution is 2.30. The van der Waals surface area contributed by atoms with E-state index in [1.807, 2.05) is 0 Å². The van der Waals surface area contributed by atoms with E-state index >= 15 is 0 Å². The molecule has 0 aliphatic heterocycles. The maximum Gasteiger partial charge on any atom is 0.308 e. The standard InChI is InChI=1S/C28H52O4/c1-3-5-7-9-10-11-12-13-14-16-18-24-32-28(30)26-21-19-25(20-22-26)27(29)31-23-17-15-8-6-4-2/h25-26H,3-24H2,1-2H3. The number of hydrogen-bond donors (Lipinski definition) is 0. The second kappa shape index (κ2) is 20.5. The number of carbonyl (C=O) groups is 2. The van der Waals surface area contributed by atoms with Gasteiger partial charge in [-0.2, -0.15) is 0 Å². The van der Waals surface area contributed by atoms with Crippen molar-refractivity contribution >= 4 is 11.9 Å². The lowest BCUT2D eigenvalue weighted by Crippen LogP contribution is -2.28. The monoisotopic (exact) mass is 452 g/mol. The lowest BCUT2D eigenvalue weighted by atomic mass is 9.82. The van der Waals surface area contributed by atoms with Gasteiger partial charge in [-0.25, -0.2) is 0 Å². The van der Waals surface area contributed by atoms with Crippen LogP contribution in [0.1, 0.15) is 142 Å². The molecule has 0 radical (unpaired) electrons. The fourth-order valence-electron chi connectivity index (χ4n) is 4.62. The number of esters is 2. The summed E-state index contributed by atoms with van der Waals surface area (Å²) in [6, 6.07) is 0. The van der Waals surface area contributed by atoms with E-state index in [0.29, 0.717) is 13.2 Å². The molecule has 0 spiro atoms. The van der Waals surface area contributed by atoms with Gasteiger partial charge in [-0.3, -0.25) is 9.59 Å². The van der Waals surface area contributed by atoms with Crippen molar-refractivity contribution in [1.82, 2.24) is 0 Å². The van der Waals surface area contributed by atoms with E-state index in [0.717, 1.165) is 51.4 Å². The van der Waals surface area contributed by atoms with Crippen molar-refractivity contribution in [3.05, 3.63) is 0 Å². The smallest absolute Gasteiger partial charge is 0.308 e. The Morgan fingerprint density at radius 3 is 1.09 bits per heavy atom. The van der Waals surface area contributed by atoms with Gasteiger partial charge in [-0.1, -0.05) is 104 Å². The zero-order valence-electron chi connectivity index (χ0n) is 21.3. The van der Waals surface area contributed by atoms with Crippen LogP contribution < -0.4 is 0 Å². The summed E-state index contributed by atoms with van der Waals surface area (Å²) >= 11 is 0. The highest BCUT2D eigenvalue weighted by molar-refractivity contribution is 5.75. The molecule has 1 aliphatic carbocycles. The van der Waals surface area contributed by atoms with Gasteiger partial charge in [0.1, 0.15) is 0 Å². The summed E-state index contributed by atoms with van der Waals surface area (Å²) in [4.78, 5) is 24.5. The van der Waals surface area contributed by atoms with E-state index in [4.69, 9.17) is 9.47 Å². The van der Waals surface area contributed by atoms with Gasteiger partial charge in [0, 0.05) is 0 Å². The second-order valence-corrected chi connectivity index (χ2v) is 9.83. The molecule has 1 aliphatic rings. The van der Waals surface area contributed by atoms with E-state index in [1.54, 1.807) is 0 Å². The van der Waals surface area contributed by atoms with Crippen molar-refractivity contribution in [2.45, 2.75) is 142 Å². The number of carbonyl (C=O) groups excluding carboxylic acids is 2. The summed E-state index contributed by atoms with van der Waals surface area (Å²) in [5.41, 5.74) is 0. The van der Waals surface area contributed by atoms with E-state index in [-0.39, 0.29) is 23.8 Å². The Bertz CT molecular complexity index is 454. The second-order valence-electron chi connectivity index (χ2n) is 9.83. The van der Waals surface area contributed by atoms with E-state index in [9.17, 15) is 9.59 Å². The average molecular weight is 453 g/mol. The van der Waals surface area contributed by atoms with Crippen LogP contribution in [0.5, 0.6) is 0 Å². The van der Waals surface area contributed by atoms with Gasteiger partial charge in [0.2, 0.25) is 0 Å². The zero-order valence-corrected chi connectivity index (χ0v) is 21.3. The minimum absolute atomic E-state index is 0.0265. The van der Waals surface area contributed by atoms with Crippen molar-refractivity contribution in [1.29, 1.82) is 0 Å². The first-order valence-corrected chi connectivity index (χ1v) is 14.0. The highest BCUT2D eigenvalue weighted by atomic mass is 16.5. The molecule has 0 aromatic rings. The van der Waals surface area contributed by atoms with Crippen molar-refractivity contribution < 1.29 is 19.1 Å². The fourth-order valence-corrected chi connectivity index (χ4v) is 4.62. The molecule has 0 bridgehead atoms. The Kier molecular flexibility index (Phi) is 18.6. The molecule has 4 nitrogen and oxygen atoms in total. The molecule has 0 aromatic carbocycles. The largest absolute Gasteiger partial charge is 0.465 e. The average Bonchev–Trinajstić information content (AvgIpc) is 2.81. The molecule has 0 saturated heterocycles. The Hall–Kier alpha value is -1.06. The predicted molar refractivity (Wildman–Crippen MR) is 133 cm³/mol. The van der Waals surface area contributed by atoms with E-state index in [1.165, 1.54) is 77.0 Å². The summed E-state index contributed by atoms with van der Waals surface area (Å²) in [6.45, 7) is 5.56. The van der Waals surface area contributed by atoms with Crippen molar-refractivity contribution in [3.63, 3.8) is 0 Å². The third kappa shape index (κ3) is 14.9. The Labute approximate surface area is 198 Å². The minimum Gasteiger partial charge on any atom is -0.465 e. The first-order chi connectivity index (χ1) is 15.7. The Morgan fingerprint density at radius 2 is 0.781 bits per heavy atom. The summed E-state index contributed by atoms with van der Waals surface area (Å²) in [5, 5.41) is 0. The molecule has 188 valence electrons. The number of unbranched alkanes of at least 4 members (excludes halogenated alkanes) is 14. The molecule has 0 unspecified atom stereocenters. The van der Waals surface area contributed by atoms with Gasteiger partial charge in [-0.05, 0) is 38.5 Å². The zero-order chi connectivity index (χ0) is 23.3. The predicted octanol–water partition coefficient (Wildman–Crippen LogP) is 8.16. The molecule has 1 rings (SSSR count). The number of hydrogen-bond acceptors (Lipinski definition) is 4. The molecular weight excluding hydrogens is 400 g/mol. The van der Waals surface area contributed by atoms with Gasteiger partial charge in [0.15, 0.2) is 0 Å². The molecule has 0 amide bonds. The van der Waals surface area contributed by atoms with Crippen molar-refractivity contribution in [2.24, 2.45) is 11.8 Å². The van der Waals surface area contributed by atoms with Gasteiger partial charge < -0.3 is 9.47 Å². The molecule has 0 N–H and O–H groups in total. The quantitative estimate of drug-likeness (QED) is 0.138. The summed E-state index contributed by atoms with van der Waals surface area (Å²) < 4.78 is 11.0. The maximum atomic E-state index is 12.3. The van der Waals surface area contributed by atoms with Crippen LogP contribution in [-0.2, 0) is 19.1 Å². The third-order valence-corrected chi connectivity index (χ3v) is 6.88. The van der Waals surface area contributed by atoms with Gasteiger partial charge in [0.05, 0.1) is 25.0 Å². The van der Waals surface area contributed by atoms with Crippen LogP contribution in [0.15, 0.2) is 0 Å². The van der Waals surface area contributed by atoms with Gasteiger partial charge in [-0.15, -0.1) is 0 Å². The maximum absolute atomic E-state index is 12.3. The lowest BCUT2D eigenvalue weighted by Gasteiger charge is -2.26. The van der Waals surface area contributed by atoms with E-state index < -0.39 is 0 Å². The fraction of sp³-hybridized carbons (Fsp3) is 0.929. The van der Waals surface area contributed by atoms with Crippen LogP contribution >= 0.6 is 0 Å². The summed E-state index contributed by atoms with van der Waals surface area (Å²) in [5.74, 6) is -0.171. The molecule has 0 aromatic heterocycles. The van der Waals surface area contributed by atoms with Crippen LogP contribution in [0.3, 0.4) is 0 Å². The summed E-state index contributed by atoms with van der Waals surface area (Å²) in [6.07, 6.45) is 23.1. The number of ether oxygens (including phenoxy) is 2. The lowest BCUT2D eigenvalue weighted by molar-refractivity contribution is -0.155. The van der Waals surface area contributed by atoms with E-state index in [2.05, 4.69) is 13.8 Å². The van der Waals surface area contributed by atoms with Crippen molar-refractivity contribution in [2.75, 3.05) is 13.2 Å². The first-order valence-electron chi connectivity index (χ1n) is 14.0. The topological polar surface area (TPSA) is 52.6 Å². The van der Waals surface area contributed by atoms with Crippen LogP contribution in [0, 0.1) is 11.8 Å². The summed E-state index contributed by atoms with van der Waals surface area (Å²) in [7, 11) is 0. The molecule has 1 fully saturated rings. The van der Waals surface area contributed by atoms with Crippen LogP contribution in [0.25, 0.3) is 0 Å². The first kappa shape index (κ1) is 29.0. The SMILES string of the molecule is CCCCCCCCCCCCCOC(=O)C1CCC(C(=O)OCCCCCCC)CC1. The van der Waals surface area contributed by atoms with Crippen LogP contribution in [-0.4, -0.2) is 25.2 Å². The van der Waals surface area contributed by atoms with Crippen molar-refractivity contribution in [3.8, 4) is 0 Å². The van der Waals surface area contributed by atoms with Gasteiger partial charge in [0.25, 0.3) is 0 Å². The Balaban J connectivity index is 1.95. The molecule has 0 heterocycles. The molecule has 1 saturated carbocycles. The molecule has 0 atom stereocenters. The van der Waals surface area contributed by atoms with Crippen LogP contribution in [0.2, 0.25) is 0 Å². The van der Waals surface area contributed by atoms with Crippen LogP contribution in [0.4, 0.5) is 0 Å². The molecular formula is C28H52O4. The Morgan fingerprint density at radius 1 is 0.500 bits per heavy atom. The third-order valence-electron chi connectivity index (χ3n) is 6.88. The number of rotatable bonds is 20. The highest BCUT2D eigenvalue weighted by Gasteiger charge is 2.31. The minimum atomic E-state index is -0.0618. The molecule has 4 heteroatoms. The normalized spacial score (nSPS) is 18.4. The van der Waals surface area contributed by atoms with Gasteiger partial charge >= 0.3 is 11.9 Å².